The van der Waals surface area contributed by atoms with Gasteiger partial charge in [0.15, 0.2) is 0 Å². The van der Waals surface area contributed by atoms with Gasteiger partial charge in [-0.1, -0.05) is 48.5 Å². The summed E-state index contributed by atoms with van der Waals surface area (Å²) in [7, 11) is 0. The number of rotatable bonds is 4. The van der Waals surface area contributed by atoms with E-state index in [1.807, 2.05) is 52.0 Å². The summed E-state index contributed by atoms with van der Waals surface area (Å²) in [5, 5.41) is 0. The minimum Gasteiger partial charge on any atom is -0.466 e. The molecular formula is C25H28O4. The molecular weight excluding hydrogens is 364 g/mol. The second-order valence-electron chi connectivity index (χ2n) is 8.45. The highest BCUT2D eigenvalue weighted by Gasteiger charge is 2.74. The van der Waals surface area contributed by atoms with Gasteiger partial charge in [0.25, 0.3) is 0 Å². The number of hydrogen-bond donors (Lipinski definition) is 0. The van der Waals surface area contributed by atoms with E-state index in [4.69, 9.17) is 9.47 Å². The minimum atomic E-state index is -0.882. The lowest BCUT2D eigenvalue weighted by Gasteiger charge is -2.48. The number of hydrogen-bond acceptors (Lipinski definition) is 4. The van der Waals surface area contributed by atoms with E-state index in [0.29, 0.717) is 26.1 Å². The maximum Gasteiger partial charge on any atom is 0.313 e. The van der Waals surface area contributed by atoms with Gasteiger partial charge in [0, 0.05) is 0 Å². The van der Waals surface area contributed by atoms with Gasteiger partial charge >= 0.3 is 11.9 Å². The third kappa shape index (κ3) is 2.26. The predicted octanol–water partition coefficient (Wildman–Crippen LogP) is 4.89. The lowest BCUT2D eigenvalue weighted by atomic mass is 9.52. The normalized spacial score (nSPS) is 26.1. The van der Waals surface area contributed by atoms with Gasteiger partial charge in [-0.25, -0.2) is 0 Å². The molecule has 0 aromatic heterocycles. The van der Waals surface area contributed by atoms with Gasteiger partial charge in [0.1, 0.15) is 0 Å². The summed E-state index contributed by atoms with van der Waals surface area (Å²) in [6.07, 6.45) is 1.12. The van der Waals surface area contributed by atoms with E-state index in [9.17, 15) is 9.59 Å². The molecule has 0 heterocycles. The lowest BCUT2D eigenvalue weighted by molar-refractivity contribution is -0.164. The van der Waals surface area contributed by atoms with Crippen LogP contribution in [0.25, 0.3) is 11.1 Å². The van der Waals surface area contributed by atoms with Crippen molar-refractivity contribution in [1.29, 1.82) is 0 Å². The molecule has 2 aliphatic carbocycles. The van der Waals surface area contributed by atoms with Crippen molar-refractivity contribution in [3.05, 3.63) is 59.7 Å². The Labute approximate surface area is 172 Å². The third-order valence-electron chi connectivity index (χ3n) is 7.18. The van der Waals surface area contributed by atoms with Crippen molar-refractivity contribution < 1.29 is 19.1 Å². The SMILES string of the molecule is CCOC(=O)C1(C)CCC(C)(C(=O)OCC)C12c1ccccc1-c1ccccc12. The maximum atomic E-state index is 13.4. The zero-order valence-electron chi connectivity index (χ0n) is 17.6. The number of esters is 2. The van der Waals surface area contributed by atoms with Crippen molar-refractivity contribution in [3.8, 4) is 11.1 Å². The Morgan fingerprint density at radius 1 is 0.759 bits per heavy atom. The second-order valence-corrected chi connectivity index (χ2v) is 8.45. The fourth-order valence-corrected chi connectivity index (χ4v) is 6.00. The molecule has 0 amide bonds. The van der Waals surface area contributed by atoms with Crippen LogP contribution in [0.1, 0.15) is 51.7 Å². The molecule has 2 atom stereocenters. The van der Waals surface area contributed by atoms with Crippen molar-refractivity contribution in [2.45, 2.75) is 46.0 Å². The monoisotopic (exact) mass is 392 g/mol. The smallest absolute Gasteiger partial charge is 0.313 e. The highest BCUT2D eigenvalue weighted by molar-refractivity contribution is 5.95. The summed E-state index contributed by atoms with van der Waals surface area (Å²) < 4.78 is 11.2. The Hall–Kier alpha value is -2.62. The zero-order chi connectivity index (χ0) is 20.9. The quantitative estimate of drug-likeness (QED) is 0.696. The molecule has 4 nitrogen and oxygen atoms in total. The van der Waals surface area contributed by atoms with Gasteiger partial charge in [0.05, 0.1) is 29.5 Å². The molecule has 0 bridgehead atoms. The topological polar surface area (TPSA) is 52.6 Å². The van der Waals surface area contributed by atoms with Gasteiger partial charge in [-0.05, 0) is 62.8 Å². The van der Waals surface area contributed by atoms with Crippen LogP contribution in [-0.4, -0.2) is 25.2 Å². The van der Waals surface area contributed by atoms with Crippen molar-refractivity contribution in [2.24, 2.45) is 10.8 Å². The lowest BCUT2D eigenvalue weighted by Crippen LogP contribution is -2.56. The fraction of sp³-hybridized carbons (Fsp3) is 0.440. The summed E-state index contributed by atoms with van der Waals surface area (Å²) >= 11 is 0. The predicted molar refractivity (Wildman–Crippen MR) is 111 cm³/mol. The second kappa shape index (κ2) is 6.72. The first-order valence-corrected chi connectivity index (χ1v) is 10.4. The van der Waals surface area contributed by atoms with E-state index in [1.165, 1.54) is 0 Å². The van der Waals surface area contributed by atoms with Crippen molar-refractivity contribution in [3.63, 3.8) is 0 Å². The van der Waals surface area contributed by atoms with Crippen LogP contribution in [-0.2, 0) is 24.5 Å². The van der Waals surface area contributed by atoms with Crippen LogP contribution in [0.3, 0.4) is 0 Å². The number of ether oxygens (including phenoxy) is 2. The van der Waals surface area contributed by atoms with Crippen LogP contribution in [0.15, 0.2) is 48.5 Å². The number of fused-ring (bicyclic) bond motifs is 5. The van der Waals surface area contributed by atoms with E-state index in [1.54, 1.807) is 0 Å². The molecule has 2 unspecified atom stereocenters. The van der Waals surface area contributed by atoms with Crippen molar-refractivity contribution in [2.75, 3.05) is 13.2 Å². The van der Waals surface area contributed by atoms with Crippen molar-refractivity contribution in [1.82, 2.24) is 0 Å². The maximum absolute atomic E-state index is 13.4. The zero-order valence-corrected chi connectivity index (χ0v) is 17.6. The Morgan fingerprint density at radius 2 is 1.14 bits per heavy atom. The highest BCUT2D eigenvalue weighted by Crippen LogP contribution is 2.72. The molecule has 29 heavy (non-hydrogen) atoms. The molecule has 2 aliphatic rings. The molecule has 1 fully saturated rings. The molecule has 2 aromatic carbocycles. The fourth-order valence-electron chi connectivity index (χ4n) is 6.00. The highest BCUT2D eigenvalue weighted by atomic mass is 16.5. The minimum absolute atomic E-state index is 0.250. The summed E-state index contributed by atoms with van der Waals surface area (Å²) in [5.74, 6) is -0.501. The van der Waals surface area contributed by atoms with Gasteiger partial charge in [-0.2, -0.15) is 0 Å². The Kier molecular flexibility index (Phi) is 4.56. The molecule has 1 saturated carbocycles. The van der Waals surface area contributed by atoms with Crippen LogP contribution in [0.4, 0.5) is 0 Å². The van der Waals surface area contributed by atoms with Crippen LogP contribution in [0.5, 0.6) is 0 Å². The van der Waals surface area contributed by atoms with Crippen LogP contribution in [0.2, 0.25) is 0 Å². The van der Waals surface area contributed by atoms with Crippen molar-refractivity contribution >= 4 is 11.9 Å². The molecule has 1 spiro atoms. The molecule has 152 valence electrons. The van der Waals surface area contributed by atoms with E-state index in [0.717, 1.165) is 22.3 Å². The third-order valence-corrected chi connectivity index (χ3v) is 7.18. The Balaban J connectivity index is 2.11. The Morgan fingerprint density at radius 3 is 1.52 bits per heavy atom. The van der Waals surface area contributed by atoms with E-state index >= 15 is 0 Å². The summed E-state index contributed by atoms with van der Waals surface area (Å²) in [4.78, 5) is 26.9. The first-order valence-electron chi connectivity index (χ1n) is 10.4. The molecule has 4 heteroatoms. The van der Waals surface area contributed by atoms with Gasteiger partial charge in [-0.15, -0.1) is 0 Å². The molecule has 0 aliphatic heterocycles. The number of carbonyl (C=O) groups excluding carboxylic acids is 2. The standard InChI is InChI=1S/C25H28O4/c1-5-28-21(26)23(3)15-16-24(4,22(27)29-6-2)25(23)19-13-9-7-11-17(19)18-12-8-10-14-20(18)25/h7-14H,5-6,15-16H2,1-4H3. The summed E-state index contributed by atoms with van der Waals surface area (Å²) in [6, 6.07) is 16.3. The van der Waals surface area contributed by atoms with Crippen LogP contribution < -0.4 is 0 Å². The molecule has 2 aromatic rings. The van der Waals surface area contributed by atoms with Crippen LogP contribution in [0, 0.1) is 10.8 Å². The average molecular weight is 392 g/mol. The summed E-state index contributed by atoms with van der Waals surface area (Å²) in [6.45, 7) is 8.20. The summed E-state index contributed by atoms with van der Waals surface area (Å²) in [5.41, 5.74) is 1.59. The van der Waals surface area contributed by atoms with Gasteiger partial charge < -0.3 is 9.47 Å². The molecule has 0 saturated heterocycles. The molecule has 0 N–H and O–H groups in total. The van der Waals surface area contributed by atoms with E-state index in [-0.39, 0.29) is 11.9 Å². The first-order chi connectivity index (χ1) is 13.9. The number of benzene rings is 2. The molecule has 0 radical (unpaired) electrons. The van der Waals surface area contributed by atoms with Gasteiger partial charge in [-0.3, -0.25) is 9.59 Å². The van der Waals surface area contributed by atoms with E-state index < -0.39 is 16.2 Å². The first kappa shape index (κ1) is 19.7. The average Bonchev–Trinajstić information content (AvgIpc) is 3.17. The van der Waals surface area contributed by atoms with Crippen LogP contribution >= 0.6 is 0 Å². The largest absolute Gasteiger partial charge is 0.466 e. The van der Waals surface area contributed by atoms with Gasteiger partial charge in [0.2, 0.25) is 0 Å². The Bertz CT molecular complexity index is 899. The number of carbonyl (C=O) groups is 2. The van der Waals surface area contributed by atoms with E-state index in [2.05, 4.69) is 24.3 Å². The molecule has 4 rings (SSSR count).